The van der Waals surface area contributed by atoms with Gasteiger partial charge in [0, 0.05) is 0 Å². The molecule has 6 rings (SSSR count). The smallest absolute Gasteiger partial charge is 0.180 e. The molecule has 0 aliphatic rings. The van der Waals surface area contributed by atoms with Gasteiger partial charge in [0.1, 0.15) is 46.4 Å². The maximum Gasteiger partial charge on any atom is 0.180 e. The number of rotatable bonds is 6. The van der Waals surface area contributed by atoms with E-state index in [-0.39, 0.29) is 34.0 Å². The van der Waals surface area contributed by atoms with E-state index in [0.29, 0.717) is 0 Å². The van der Waals surface area contributed by atoms with Crippen molar-refractivity contribution in [1.29, 1.82) is 0 Å². The molecule has 7 heteroatoms. The van der Waals surface area contributed by atoms with Crippen LogP contribution < -0.4 is 65.8 Å². The summed E-state index contributed by atoms with van der Waals surface area (Å²) < 4.78 is -0.750. The third-order valence-electron chi connectivity index (χ3n) is 7.64. The first kappa shape index (κ1) is 40.2. The predicted octanol–water partition coefficient (Wildman–Crippen LogP) is 3.22. The number of hydrogen-bond donors (Lipinski definition) is 0. The molecule has 0 unspecified atom stereocenters. The van der Waals surface area contributed by atoms with Gasteiger partial charge in [0.15, 0.2) is 4.30 Å². The lowest BCUT2D eigenvalue weighted by atomic mass is 10.4. The van der Waals surface area contributed by atoms with Crippen molar-refractivity contribution >= 4 is 81.2 Å². The molecule has 46 heavy (non-hydrogen) atoms. The van der Waals surface area contributed by atoms with Crippen molar-refractivity contribution < 1.29 is 34.0 Å². The van der Waals surface area contributed by atoms with Gasteiger partial charge in [0.05, 0.1) is 13.3 Å². The van der Waals surface area contributed by atoms with Crippen LogP contribution in [0.5, 0.6) is 0 Å². The molecule has 0 N–H and O–H groups in total. The largest absolute Gasteiger partial charge is 1.00 e. The van der Waals surface area contributed by atoms with Gasteiger partial charge in [-0.15, -0.1) is 0 Å². The van der Waals surface area contributed by atoms with Crippen LogP contribution in [0, 0.1) is 0 Å². The van der Waals surface area contributed by atoms with Gasteiger partial charge in [-0.2, -0.15) is 0 Å². The molecule has 0 aliphatic heterocycles. The maximum absolute atomic E-state index is 4.81. The molecular weight excluding hydrogens is 797 g/mol. The van der Waals surface area contributed by atoms with Gasteiger partial charge in [-0.1, -0.05) is 144 Å². The minimum absolute atomic E-state index is 0. The first-order valence-corrected chi connectivity index (χ1v) is 20.1. The fourth-order valence-electron chi connectivity index (χ4n) is 5.25. The Bertz CT molecular complexity index is 1320. The number of hydrogen-bond acceptors (Lipinski definition) is 0. The van der Waals surface area contributed by atoms with E-state index in [0.717, 1.165) is 0 Å². The lowest BCUT2D eigenvalue weighted by Gasteiger charge is -2.22. The summed E-state index contributed by atoms with van der Waals surface area (Å²) in [5.74, 6) is 0. The number of halogens is 5. The van der Waals surface area contributed by atoms with Crippen LogP contribution in [-0.4, -0.2) is 17.6 Å². The van der Waals surface area contributed by atoms with E-state index in [2.05, 4.69) is 195 Å². The zero-order valence-electron chi connectivity index (χ0n) is 25.7. The Morgan fingerprint density at radius 2 is 0.413 bits per heavy atom. The first-order chi connectivity index (χ1) is 21.4. The summed E-state index contributed by atoms with van der Waals surface area (Å²) in [6.45, 7) is 4.82. The van der Waals surface area contributed by atoms with Crippen LogP contribution in [0.1, 0.15) is 0 Å². The second kappa shape index (κ2) is 20.4. The number of alkyl halides is 3. The Labute approximate surface area is 312 Å². The highest BCUT2D eigenvalue weighted by Gasteiger charge is 2.40. The van der Waals surface area contributed by atoms with Crippen LogP contribution in [-0.2, 0) is 0 Å². The first-order valence-electron chi connectivity index (χ1n) is 14.4. The fraction of sp³-hybridized carbons (Fsp3) is 0.0769. The van der Waals surface area contributed by atoms with Crippen molar-refractivity contribution in [2.24, 2.45) is 0 Å². The highest BCUT2D eigenvalue weighted by Crippen LogP contribution is 2.52. The summed E-state index contributed by atoms with van der Waals surface area (Å²) in [7, 11) is -3.05. The van der Waals surface area contributed by atoms with E-state index in [1.54, 1.807) is 0 Å². The molecular formula is C39H37Br2Cl3P2. The van der Waals surface area contributed by atoms with Crippen LogP contribution in [0.2, 0.25) is 0 Å². The molecule has 0 radical (unpaired) electrons. The molecule has 0 atom stereocenters. The Hall–Kier alpha value is -1.99. The van der Waals surface area contributed by atoms with Crippen LogP contribution in [0.4, 0.5) is 0 Å². The molecule has 0 bridgehead atoms. The second-order valence-corrected chi connectivity index (χ2v) is 19.4. The van der Waals surface area contributed by atoms with E-state index in [4.69, 9.17) is 34.8 Å². The molecule has 0 nitrogen and oxygen atoms in total. The van der Waals surface area contributed by atoms with E-state index in [1.807, 2.05) is 0 Å². The summed E-state index contributed by atoms with van der Waals surface area (Å²) in [5, 5.41) is 8.57. The highest BCUT2D eigenvalue weighted by molar-refractivity contribution is 7.95. The topological polar surface area (TPSA) is 0 Å². The van der Waals surface area contributed by atoms with Crippen LogP contribution in [0.3, 0.4) is 0 Å². The molecule has 0 aromatic heterocycles. The summed E-state index contributed by atoms with van der Waals surface area (Å²) in [5.41, 5.74) is 0. The monoisotopic (exact) mass is 830 g/mol. The normalized spacial score (nSPS) is 10.6. The summed E-state index contributed by atoms with van der Waals surface area (Å²) in [4.78, 5) is 0. The quantitative estimate of drug-likeness (QED) is 0.179. The molecule has 0 fully saturated rings. The molecule has 0 saturated carbocycles. The number of benzene rings is 6. The molecule has 0 amide bonds. The average Bonchev–Trinajstić information content (AvgIpc) is 3.10. The maximum atomic E-state index is 4.81. The van der Waals surface area contributed by atoms with Crippen molar-refractivity contribution in [3.05, 3.63) is 182 Å². The molecule has 6 aromatic carbocycles. The molecule has 6 aromatic rings. The van der Waals surface area contributed by atoms with Crippen molar-refractivity contribution in [2.45, 2.75) is 4.30 Å². The van der Waals surface area contributed by atoms with E-state index in [9.17, 15) is 0 Å². The van der Waals surface area contributed by atoms with Gasteiger partial charge in [0.25, 0.3) is 0 Å². The fourth-order valence-corrected chi connectivity index (χ4v) is 11.7. The van der Waals surface area contributed by atoms with Crippen LogP contribution in [0.25, 0.3) is 0 Å². The Morgan fingerprint density at radius 3 is 0.522 bits per heavy atom. The van der Waals surface area contributed by atoms with Gasteiger partial charge < -0.3 is 34.0 Å². The van der Waals surface area contributed by atoms with Crippen molar-refractivity contribution in [3.8, 4) is 0 Å². The predicted molar refractivity (Wildman–Crippen MR) is 203 cm³/mol. The van der Waals surface area contributed by atoms with Gasteiger partial charge in [-0.3, -0.25) is 0 Å². The van der Waals surface area contributed by atoms with Crippen LogP contribution >= 0.6 is 49.3 Å². The summed E-state index contributed by atoms with van der Waals surface area (Å²) in [6, 6.07) is 65.3. The molecule has 0 spiro atoms. The second-order valence-electron chi connectivity index (χ2n) is 10.3. The van der Waals surface area contributed by atoms with Gasteiger partial charge >= 0.3 is 0 Å². The summed E-state index contributed by atoms with van der Waals surface area (Å²) >= 11 is 14.4. The van der Waals surface area contributed by atoms with Crippen molar-refractivity contribution in [1.82, 2.24) is 0 Å². The lowest BCUT2D eigenvalue weighted by Crippen LogP contribution is -3.00. The van der Waals surface area contributed by atoms with Crippen molar-refractivity contribution in [2.75, 3.05) is 13.3 Å². The SMILES string of the molecule is C[P+](c1ccccc1)(c1ccccc1)c1ccccc1.C[P+](c1ccccc1)(c1ccccc1)c1ccccc1.ClC(Cl)Cl.[Br-].[Br-]. The lowest BCUT2D eigenvalue weighted by molar-refractivity contribution is -0.001000. The zero-order chi connectivity index (χ0) is 31.3. The molecule has 0 saturated heterocycles. The third-order valence-corrected chi connectivity index (χ3v) is 15.6. The third kappa shape index (κ3) is 10.5. The highest BCUT2D eigenvalue weighted by atomic mass is 79.9. The van der Waals surface area contributed by atoms with Crippen molar-refractivity contribution in [3.63, 3.8) is 0 Å². The minimum atomic E-state index is -1.53. The van der Waals surface area contributed by atoms with Crippen LogP contribution in [0.15, 0.2) is 182 Å². The summed E-state index contributed by atoms with van der Waals surface area (Å²) in [6.07, 6.45) is 0. The van der Waals surface area contributed by atoms with Gasteiger partial charge in [-0.05, 0) is 72.8 Å². The average molecular weight is 834 g/mol. The van der Waals surface area contributed by atoms with E-state index in [1.165, 1.54) is 31.8 Å². The van der Waals surface area contributed by atoms with E-state index < -0.39 is 18.8 Å². The molecule has 0 aliphatic carbocycles. The Morgan fingerprint density at radius 1 is 0.304 bits per heavy atom. The standard InChI is InChI=1S/2C19H18P.CHCl3.2BrH/c2*1-20(17-11-5-2-6-12-17,18-13-7-3-8-14-18)19-15-9-4-10-16-19;2-1(3)4;;/h2*2-16H,1H3;1H;2*1H/q2*+1;;;/p-2. The molecule has 238 valence electrons. The van der Waals surface area contributed by atoms with E-state index >= 15 is 0 Å². The minimum Gasteiger partial charge on any atom is -1.00 e. The van der Waals surface area contributed by atoms with Gasteiger partial charge in [0.2, 0.25) is 0 Å². The molecule has 0 heterocycles. The van der Waals surface area contributed by atoms with Gasteiger partial charge in [-0.25, -0.2) is 0 Å². The zero-order valence-corrected chi connectivity index (χ0v) is 32.9. The Kier molecular flexibility index (Phi) is 17.8. The Balaban J connectivity index is 0.000000276.